The molecule has 2 aliphatic heterocycles. The minimum atomic E-state index is -1.79. The molecule has 15 heteroatoms. The SMILES string of the molecule is COc1ccc(CCC(=O)c2c(O)cc(O[C@@H]3O[C@H](CO)[C@@H](O)[C@H](O)[C@@H]3O[C@H]3O[C@@H](C)[C@H](O)[C@@H](O)[C@H]3O)cc2O)cc1O. The van der Waals surface area contributed by atoms with Crippen molar-refractivity contribution in [2.24, 2.45) is 0 Å². The zero-order chi connectivity index (χ0) is 31.6. The molecule has 2 fully saturated rings. The van der Waals surface area contributed by atoms with Gasteiger partial charge in [-0.15, -0.1) is 0 Å². The number of benzene rings is 2. The third-order valence-corrected chi connectivity index (χ3v) is 7.41. The Kier molecular flexibility index (Phi) is 10.3. The van der Waals surface area contributed by atoms with Gasteiger partial charge in [-0.3, -0.25) is 4.79 Å². The zero-order valence-corrected chi connectivity index (χ0v) is 23.3. The number of phenols is 3. The molecular weight excluding hydrogens is 576 g/mol. The summed E-state index contributed by atoms with van der Waals surface area (Å²) in [5.74, 6) is -2.04. The summed E-state index contributed by atoms with van der Waals surface area (Å²) in [4.78, 5) is 12.9. The predicted octanol–water partition coefficient (Wildman–Crippen LogP) is -1.34. The van der Waals surface area contributed by atoms with Crippen LogP contribution in [0.2, 0.25) is 0 Å². The van der Waals surface area contributed by atoms with Gasteiger partial charge in [0.05, 0.1) is 19.8 Å². The van der Waals surface area contributed by atoms with E-state index in [-0.39, 0.29) is 30.1 Å². The van der Waals surface area contributed by atoms with Crippen molar-refractivity contribution in [3.63, 3.8) is 0 Å². The van der Waals surface area contributed by atoms with Crippen molar-refractivity contribution in [2.75, 3.05) is 13.7 Å². The Labute approximate surface area is 245 Å². The number of Topliss-reactive ketones (excluding diaryl/α,β-unsaturated/α-hetero) is 1. The molecule has 9 N–H and O–H groups in total. The largest absolute Gasteiger partial charge is 0.507 e. The lowest BCUT2D eigenvalue weighted by Gasteiger charge is -2.45. The maximum atomic E-state index is 12.9. The van der Waals surface area contributed by atoms with E-state index in [9.17, 15) is 50.8 Å². The highest BCUT2D eigenvalue weighted by atomic mass is 16.8. The first-order chi connectivity index (χ1) is 20.4. The minimum absolute atomic E-state index is 0.110. The predicted molar refractivity (Wildman–Crippen MR) is 143 cm³/mol. The molecule has 2 aromatic carbocycles. The molecule has 0 bridgehead atoms. The summed E-state index contributed by atoms with van der Waals surface area (Å²) in [5.41, 5.74) is 0.208. The first-order valence-corrected chi connectivity index (χ1v) is 13.5. The summed E-state index contributed by atoms with van der Waals surface area (Å²) in [5, 5.41) is 92.3. The number of hydrogen-bond donors (Lipinski definition) is 9. The molecule has 0 amide bonds. The number of aliphatic hydroxyl groups is 6. The highest BCUT2D eigenvalue weighted by molar-refractivity contribution is 6.01. The fraction of sp³-hybridized carbons (Fsp3) is 0.536. The van der Waals surface area contributed by atoms with E-state index in [4.69, 9.17) is 23.7 Å². The summed E-state index contributed by atoms with van der Waals surface area (Å²) in [6.45, 7) is 0.662. The third-order valence-electron chi connectivity index (χ3n) is 7.41. The van der Waals surface area contributed by atoms with Gasteiger partial charge in [0.15, 0.2) is 29.7 Å². The Balaban J connectivity index is 1.51. The molecule has 0 aliphatic carbocycles. The number of carbonyl (C=O) groups is 1. The lowest BCUT2D eigenvalue weighted by atomic mass is 9.97. The van der Waals surface area contributed by atoms with Crippen LogP contribution in [0.5, 0.6) is 28.7 Å². The van der Waals surface area contributed by atoms with Gasteiger partial charge in [0.2, 0.25) is 6.29 Å². The van der Waals surface area contributed by atoms with E-state index < -0.39 is 90.9 Å². The average molecular weight is 613 g/mol. The Morgan fingerprint density at radius 3 is 2.12 bits per heavy atom. The molecular formula is C28H36O15. The molecule has 10 atom stereocenters. The second-order valence-corrected chi connectivity index (χ2v) is 10.4. The number of aromatic hydroxyl groups is 3. The lowest BCUT2D eigenvalue weighted by Crippen LogP contribution is -2.64. The van der Waals surface area contributed by atoms with Crippen LogP contribution in [-0.4, -0.2) is 127 Å². The van der Waals surface area contributed by atoms with Crippen LogP contribution in [0.25, 0.3) is 0 Å². The van der Waals surface area contributed by atoms with Crippen LogP contribution in [0, 0.1) is 0 Å². The smallest absolute Gasteiger partial charge is 0.229 e. The quantitative estimate of drug-likeness (QED) is 0.141. The Morgan fingerprint density at radius 2 is 1.51 bits per heavy atom. The third kappa shape index (κ3) is 6.95. The van der Waals surface area contributed by atoms with Gasteiger partial charge in [-0.1, -0.05) is 6.07 Å². The second kappa shape index (κ2) is 13.6. The summed E-state index contributed by atoms with van der Waals surface area (Å²) in [6, 6.07) is 6.59. The van der Waals surface area contributed by atoms with E-state index in [0.717, 1.165) is 12.1 Å². The lowest BCUT2D eigenvalue weighted by molar-refractivity contribution is -0.354. The molecule has 2 aliphatic rings. The van der Waals surface area contributed by atoms with Crippen LogP contribution in [0.1, 0.15) is 29.3 Å². The second-order valence-electron chi connectivity index (χ2n) is 10.4. The Morgan fingerprint density at radius 1 is 0.837 bits per heavy atom. The van der Waals surface area contributed by atoms with Crippen molar-refractivity contribution in [3.8, 4) is 28.7 Å². The number of methoxy groups -OCH3 is 1. The molecule has 2 aromatic rings. The van der Waals surface area contributed by atoms with Crippen LogP contribution in [0.15, 0.2) is 30.3 Å². The van der Waals surface area contributed by atoms with Gasteiger partial charge >= 0.3 is 0 Å². The molecule has 0 aromatic heterocycles. The van der Waals surface area contributed by atoms with E-state index >= 15 is 0 Å². The van der Waals surface area contributed by atoms with Gasteiger partial charge in [0.1, 0.15) is 59.4 Å². The monoisotopic (exact) mass is 612 g/mol. The number of rotatable bonds is 10. The van der Waals surface area contributed by atoms with Crippen molar-refractivity contribution < 1.29 is 74.4 Å². The van der Waals surface area contributed by atoms with Gasteiger partial charge in [-0.05, 0) is 31.0 Å². The van der Waals surface area contributed by atoms with Gasteiger partial charge in [-0.2, -0.15) is 0 Å². The van der Waals surface area contributed by atoms with E-state index in [2.05, 4.69) is 0 Å². The molecule has 0 unspecified atom stereocenters. The van der Waals surface area contributed by atoms with E-state index in [0.29, 0.717) is 5.56 Å². The van der Waals surface area contributed by atoms with Gasteiger partial charge in [0, 0.05) is 18.6 Å². The van der Waals surface area contributed by atoms with Gasteiger partial charge in [-0.25, -0.2) is 0 Å². The highest BCUT2D eigenvalue weighted by Crippen LogP contribution is 2.37. The molecule has 0 radical (unpaired) electrons. The van der Waals surface area contributed by atoms with Crippen molar-refractivity contribution in [1.29, 1.82) is 0 Å². The standard InChI is InChI=1S/C28H36O15/c1-11-21(34)23(36)25(38)27(40-11)43-26-24(37)22(35)19(10-29)42-28(26)41-13-8-16(32)20(17(33)9-13)14(30)5-3-12-4-6-18(39-2)15(31)7-12/h4,6-9,11,19,21-29,31-38H,3,5,10H2,1-2H3/t11-,19+,21-,22+,23+,24-,25+,26-,27+,28+/m0/s1. The number of aryl methyl sites for hydroxylation is 1. The number of ketones is 1. The highest BCUT2D eigenvalue weighted by Gasteiger charge is 2.51. The molecule has 15 nitrogen and oxygen atoms in total. The topological polar surface area (TPSA) is 245 Å². The zero-order valence-electron chi connectivity index (χ0n) is 23.3. The summed E-state index contributed by atoms with van der Waals surface area (Å²) >= 11 is 0. The summed E-state index contributed by atoms with van der Waals surface area (Å²) in [7, 11) is 1.40. The number of phenolic OH excluding ortho intramolecular Hbond substituents is 3. The van der Waals surface area contributed by atoms with Crippen LogP contribution in [0.4, 0.5) is 0 Å². The first-order valence-electron chi connectivity index (χ1n) is 13.5. The number of ether oxygens (including phenoxy) is 5. The molecule has 0 saturated carbocycles. The molecule has 4 rings (SSSR count). The number of hydrogen-bond acceptors (Lipinski definition) is 15. The number of carbonyl (C=O) groups excluding carboxylic acids is 1. The maximum absolute atomic E-state index is 12.9. The van der Waals surface area contributed by atoms with E-state index in [1.807, 2.05) is 0 Å². The minimum Gasteiger partial charge on any atom is -0.507 e. The molecule has 2 heterocycles. The maximum Gasteiger partial charge on any atom is 0.229 e. The van der Waals surface area contributed by atoms with Crippen molar-refractivity contribution in [1.82, 2.24) is 0 Å². The van der Waals surface area contributed by atoms with Crippen molar-refractivity contribution >= 4 is 5.78 Å². The first kappa shape index (κ1) is 32.7. The fourth-order valence-electron chi connectivity index (χ4n) is 4.93. The number of aliphatic hydroxyl groups excluding tert-OH is 6. The van der Waals surface area contributed by atoms with Gasteiger partial charge < -0.3 is 69.6 Å². The van der Waals surface area contributed by atoms with Crippen LogP contribution in [-0.2, 0) is 20.6 Å². The normalized spacial score (nSPS) is 32.7. The van der Waals surface area contributed by atoms with E-state index in [1.165, 1.54) is 26.2 Å². The van der Waals surface area contributed by atoms with Crippen LogP contribution in [0.3, 0.4) is 0 Å². The summed E-state index contributed by atoms with van der Waals surface area (Å²) < 4.78 is 27.2. The molecule has 238 valence electrons. The summed E-state index contributed by atoms with van der Waals surface area (Å²) in [6.07, 6.45) is -15.5. The van der Waals surface area contributed by atoms with Crippen LogP contribution < -0.4 is 9.47 Å². The molecule has 43 heavy (non-hydrogen) atoms. The Hall–Kier alpha value is -3.25. The Bertz CT molecular complexity index is 1250. The van der Waals surface area contributed by atoms with Crippen molar-refractivity contribution in [2.45, 2.75) is 81.2 Å². The van der Waals surface area contributed by atoms with E-state index in [1.54, 1.807) is 6.07 Å². The average Bonchev–Trinajstić information content (AvgIpc) is 2.96. The van der Waals surface area contributed by atoms with Crippen LogP contribution >= 0.6 is 0 Å². The molecule has 2 saturated heterocycles. The fourth-order valence-corrected chi connectivity index (χ4v) is 4.93. The molecule has 0 spiro atoms. The van der Waals surface area contributed by atoms with Crippen molar-refractivity contribution in [3.05, 3.63) is 41.5 Å². The van der Waals surface area contributed by atoms with Gasteiger partial charge in [0.25, 0.3) is 0 Å².